The maximum absolute atomic E-state index is 5.63. The number of rotatable bonds is 5. The molecule has 0 fully saturated rings. The summed E-state index contributed by atoms with van der Waals surface area (Å²) in [7, 11) is 1.97. The van der Waals surface area contributed by atoms with Crippen LogP contribution in [0.25, 0.3) is 0 Å². The Hall–Kier alpha value is -1.23. The minimum absolute atomic E-state index is 0.150. The first-order valence-electron chi connectivity index (χ1n) is 6.17. The van der Waals surface area contributed by atoms with Gasteiger partial charge >= 0.3 is 0 Å². The van der Waals surface area contributed by atoms with E-state index in [0.717, 1.165) is 23.9 Å². The van der Waals surface area contributed by atoms with E-state index in [4.69, 9.17) is 18.0 Å². The fourth-order valence-corrected chi connectivity index (χ4v) is 1.70. The van der Waals surface area contributed by atoms with Crippen LogP contribution in [0.2, 0.25) is 0 Å². The van der Waals surface area contributed by atoms with Gasteiger partial charge in [-0.1, -0.05) is 33.0 Å². The maximum atomic E-state index is 5.63. The number of nitrogens with two attached hydrogens (primary N) is 1. The number of hydrogen-bond acceptors (Lipinski definition) is 4. The van der Waals surface area contributed by atoms with Gasteiger partial charge in [0.05, 0.1) is 4.99 Å². The molecule has 0 bridgehead atoms. The topological polar surface area (TPSA) is 55.0 Å². The van der Waals surface area contributed by atoms with E-state index in [-0.39, 0.29) is 5.92 Å². The third-order valence-corrected chi connectivity index (χ3v) is 3.23. The van der Waals surface area contributed by atoms with Crippen LogP contribution in [0.1, 0.15) is 38.1 Å². The van der Waals surface area contributed by atoms with Gasteiger partial charge < -0.3 is 10.6 Å². The van der Waals surface area contributed by atoms with Gasteiger partial charge in [0, 0.05) is 30.9 Å². The second kappa shape index (κ2) is 6.09. The van der Waals surface area contributed by atoms with E-state index < -0.39 is 0 Å². The average molecular weight is 266 g/mol. The number of thiocarbonyl (C=S) groups is 1. The number of aryl methyl sites for hydroxylation is 1. The van der Waals surface area contributed by atoms with Gasteiger partial charge in [0.1, 0.15) is 0 Å². The monoisotopic (exact) mass is 266 g/mol. The predicted octanol–water partition coefficient (Wildman–Crippen LogP) is 2.27. The van der Waals surface area contributed by atoms with Crippen LogP contribution in [-0.2, 0) is 0 Å². The smallest absolute Gasteiger partial charge is 0.225 e. The first-order valence-corrected chi connectivity index (χ1v) is 6.58. The zero-order chi connectivity index (χ0) is 13.9. The summed E-state index contributed by atoms with van der Waals surface area (Å²) in [4.78, 5) is 11.6. The Bertz CT molecular complexity index is 431. The van der Waals surface area contributed by atoms with E-state index in [9.17, 15) is 0 Å². The Morgan fingerprint density at radius 1 is 1.39 bits per heavy atom. The molecule has 2 N–H and O–H groups in total. The quantitative estimate of drug-likeness (QED) is 0.829. The van der Waals surface area contributed by atoms with Crippen molar-refractivity contribution in [1.29, 1.82) is 0 Å². The van der Waals surface area contributed by atoms with Gasteiger partial charge in [-0.2, -0.15) is 0 Å². The van der Waals surface area contributed by atoms with Crippen molar-refractivity contribution in [3.8, 4) is 0 Å². The summed E-state index contributed by atoms with van der Waals surface area (Å²) < 4.78 is 0. The van der Waals surface area contributed by atoms with Crippen LogP contribution in [0.15, 0.2) is 6.07 Å². The molecular weight excluding hydrogens is 244 g/mol. The van der Waals surface area contributed by atoms with Crippen molar-refractivity contribution < 1.29 is 0 Å². The van der Waals surface area contributed by atoms with Gasteiger partial charge in [0.15, 0.2) is 0 Å². The lowest BCUT2D eigenvalue weighted by atomic mass is 10.1. The molecule has 1 aromatic heterocycles. The summed E-state index contributed by atoms with van der Waals surface area (Å²) >= 11 is 4.99. The Kier molecular flexibility index (Phi) is 5.02. The molecule has 0 spiro atoms. The van der Waals surface area contributed by atoms with E-state index in [1.807, 2.05) is 31.9 Å². The van der Waals surface area contributed by atoms with E-state index in [2.05, 4.69) is 23.8 Å². The van der Waals surface area contributed by atoms with E-state index in [0.29, 0.717) is 10.9 Å². The largest absolute Gasteiger partial charge is 0.393 e. The van der Waals surface area contributed by atoms with Crippen molar-refractivity contribution >= 4 is 23.2 Å². The Labute approximate surface area is 115 Å². The zero-order valence-electron chi connectivity index (χ0n) is 11.8. The number of aromatic nitrogens is 2. The van der Waals surface area contributed by atoms with Crippen LogP contribution in [0.3, 0.4) is 0 Å². The van der Waals surface area contributed by atoms with Gasteiger partial charge in [0.25, 0.3) is 0 Å². The summed E-state index contributed by atoms with van der Waals surface area (Å²) in [5.41, 5.74) is 7.68. The molecule has 0 amide bonds. The lowest BCUT2D eigenvalue weighted by Crippen LogP contribution is -2.32. The van der Waals surface area contributed by atoms with Crippen molar-refractivity contribution in [2.45, 2.75) is 33.6 Å². The van der Waals surface area contributed by atoms with E-state index in [1.54, 1.807) is 0 Å². The summed E-state index contributed by atoms with van der Waals surface area (Å²) in [5.74, 6) is 1.28. The van der Waals surface area contributed by atoms with Crippen molar-refractivity contribution in [3.05, 3.63) is 17.5 Å². The van der Waals surface area contributed by atoms with Crippen molar-refractivity contribution in [3.63, 3.8) is 0 Å². The molecule has 4 nitrogen and oxygen atoms in total. The number of nitrogens with zero attached hydrogens (tertiary/aromatic N) is 3. The van der Waals surface area contributed by atoms with Crippen LogP contribution < -0.4 is 10.6 Å². The van der Waals surface area contributed by atoms with Crippen LogP contribution in [0, 0.1) is 12.8 Å². The fraction of sp³-hybridized carbons (Fsp3) is 0.615. The van der Waals surface area contributed by atoms with Crippen LogP contribution in [-0.4, -0.2) is 28.5 Å². The molecule has 0 radical (unpaired) electrons. The molecule has 0 aliphatic heterocycles. The second-order valence-electron chi connectivity index (χ2n) is 5.07. The number of hydrogen-bond donors (Lipinski definition) is 1. The minimum Gasteiger partial charge on any atom is -0.393 e. The van der Waals surface area contributed by atoms with Gasteiger partial charge in [-0.25, -0.2) is 9.97 Å². The first kappa shape index (κ1) is 14.8. The molecule has 5 heteroatoms. The summed E-state index contributed by atoms with van der Waals surface area (Å²) in [6.45, 7) is 8.99. The minimum atomic E-state index is 0.150. The van der Waals surface area contributed by atoms with Gasteiger partial charge in [-0.15, -0.1) is 0 Å². The molecule has 1 atom stereocenters. The molecule has 0 aliphatic rings. The van der Waals surface area contributed by atoms with Crippen molar-refractivity contribution in [2.75, 3.05) is 18.5 Å². The van der Waals surface area contributed by atoms with Crippen molar-refractivity contribution in [1.82, 2.24) is 9.97 Å². The third-order valence-electron chi connectivity index (χ3n) is 2.83. The Morgan fingerprint density at radius 3 is 2.50 bits per heavy atom. The normalized spacial score (nSPS) is 12.6. The Morgan fingerprint density at radius 2 is 2.00 bits per heavy atom. The molecule has 0 aliphatic carbocycles. The van der Waals surface area contributed by atoms with Crippen LogP contribution in [0.4, 0.5) is 5.95 Å². The maximum Gasteiger partial charge on any atom is 0.225 e. The van der Waals surface area contributed by atoms with Crippen LogP contribution in [0.5, 0.6) is 0 Å². The Balaban J connectivity index is 2.91. The first-order chi connectivity index (χ1) is 8.31. The zero-order valence-corrected chi connectivity index (χ0v) is 12.6. The van der Waals surface area contributed by atoms with Gasteiger partial charge in [0.2, 0.25) is 5.95 Å². The molecular formula is C13H22N4S. The highest BCUT2D eigenvalue weighted by Crippen LogP contribution is 2.16. The summed E-state index contributed by atoms with van der Waals surface area (Å²) in [6.07, 6.45) is 0. The molecule has 18 heavy (non-hydrogen) atoms. The predicted molar refractivity (Wildman–Crippen MR) is 80.1 cm³/mol. The van der Waals surface area contributed by atoms with E-state index in [1.165, 1.54) is 0 Å². The number of anilines is 1. The highest BCUT2D eigenvalue weighted by atomic mass is 32.1. The molecule has 0 aromatic carbocycles. The third kappa shape index (κ3) is 3.91. The molecule has 100 valence electrons. The average Bonchev–Trinajstić information content (AvgIpc) is 2.27. The van der Waals surface area contributed by atoms with E-state index >= 15 is 0 Å². The van der Waals surface area contributed by atoms with Crippen molar-refractivity contribution in [2.24, 2.45) is 11.7 Å². The fourth-order valence-electron chi connectivity index (χ4n) is 1.63. The summed E-state index contributed by atoms with van der Waals surface area (Å²) in [6, 6.07) is 2.03. The van der Waals surface area contributed by atoms with Crippen LogP contribution >= 0.6 is 12.2 Å². The second-order valence-corrected chi connectivity index (χ2v) is 5.54. The van der Waals surface area contributed by atoms with Gasteiger partial charge in [-0.05, 0) is 18.9 Å². The molecule has 0 saturated heterocycles. The lowest BCUT2D eigenvalue weighted by Gasteiger charge is -2.22. The molecule has 1 unspecified atom stereocenters. The summed E-state index contributed by atoms with van der Waals surface area (Å²) in [5, 5.41) is 0. The highest BCUT2D eigenvalue weighted by Gasteiger charge is 2.13. The molecule has 1 heterocycles. The SMILES string of the molecule is Cc1cc(C(C)C)nc(N(C)CC(C)C(N)=S)n1. The highest BCUT2D eigenvalue weighted by molar-refractivity contribution is 7.80. The molecule has 0 saturated carbocycles. The lowest BCUT2D eigenvalue weighted by molar-refractivity contribution is 0.714. The molecule has 1 aromatic rings. The standard InChI is InChI=1S/C13H22N4S/c1-8(2)11-6-10(4)15-13(16-11)17(5)7-9(3)12(14)18/h6,8-9H,7H2,1-5H3,(H2,14,18). The van der Waals surface area contributed by atoms with Gasteiger partial charge in [-0.3, -0.25) is 0 Å². The molecule has 1 rings (SSSR count).